The van der Waals surface area contributed by atoms with Crippen molar-refractivity contribution in [3.63, 3.8) is 0 Å². The van der Waals surface area contributed by atoms with E-state index in [9.17, 15) is 8.42 Å². The number of nitrogens with zero attached hydrogens (tertiary/aromatic N) is 4. The molecular formula is C12H20N4O4S. The number of hydrogen-bond acceptors (Lipinski definition) is 6. The molecule has 8 nitrogen and oxygen atoms in total. The third-order valence-electron chi connectivity index (χ3n) is 3.98. The number of hydrogen-bond donors (Lipinski definition) is 0. The van der Waals surface area contributed by atoms with Crippen LogP contribution >= 0.6 is 0 Å². The molecular weight excluding hydrogens is 296 g/mol. The molecule has 9 heteroatoms. The van der Waals surface area contributed by atoms with Crippen LogP contribution in [0.3, 0.4) is 0 Å². The first-order valence-electron chi connectivity index (χ1n) is 7.00. The van der Waals surface area contributed by atoms with Crippen molar-refractivity contribution in [1.29, 1.82) is 0 Å². The Hall–Kier alpha value is -1.03. The van der Waals surface area contributed by atoms with Crippen molar-refractivity contribution in [2.75, 3.05) is 32.6 Å². The first-order chi connectivity index (χ1) is 9.97. The summed E-state index contributed by atoms with van der Waals surface area (Å²) in [5.74, 6) is 0. The van der Waals surface area contributed by atoms with Crippen molar-refractivity contribution in [1.82, 2.24) is 19.1 Å². The number of aromatic nitrogens is 3. The Bertz CT molecular complexity index is 576. The van der Waals surface area contributed by atoms with Crippen molar-refractivity contribution in [2.45, 2.75) is 31.1 Å². The van der Waals surface area contributed by atoms with Crippen molar-refractivity contribution in [3.05, 3.63) is 12.7 Å². The van der Waals surface area contributed by atoms with Crippen LogP contribution in [0.5, 0.6) is 0 Å². The SMILES string of the molecule is CS(=O)(=O)N1CCOC[C@@]2(CC[C@H](Cn3cncn3)O2)C1. The molecule has 1 aromatic rings. The molecule has 0 amide bonds. The Morgan fingerprint density at radius 3 is 3.05 bits per heavy atom. The van der Waals surface area contributed by atoms with Crippen LogP contribution in [0.1, 0.15) is 12.8 Å². The van der Waals surface area contributed by atoms with Gasteiger partial charge in [-0.1, -0.05) is 0 Å². The highest BCUT2D eigenvalue weighted by atomic mass is 32.2. The molecule has 118 valence electrons. The third-order valence-corrected chi connectivity index (χ3v) is 5.23. The minimum Gasteiger partial charge on any atom is -0.377 e. The average molecular weight is 316 g/mol. The highest BCUT2D eigenvalue weighted by Gasteiger charge is 2.44. The fourth-order valence-corrected chi connectivity index (χ4v) is 3.81. The largest absolute Gasteiger partial charge is 0.377 e. The monoisotopic (exact) mass is 316 g/mol. The normalized spacial score (nSPS) is 31.6. The van der Waals surface area contributed by atoms with Gasteiger partial charge in [-0.2, -0.15) is 9.40 Å². The Morgan fingerprint density at radius 1 is 1.48 bits per heavy atom. The molecule has 0 radical (unpaired) electrons. The minimum atomic E-state index is -3.23. The third kappa shape index (κ3) is 3.42. The summed E-state index contributed by atoms with van der Waals surface area (Å²) in [7, 11) is -3.23. The van der Waals surface area contributed by atoms with Gasteiger partial charge in [0, 0.05) is 13.1 Å². The summed E-state index contributed by atoms with van der Waals surface area (Å²) in [4.78, 5) is 3.91. The zero-order chi connectivity index (χ0) is 14.9. The van der Waals surface area contributed by atoms with Crippen molar-refractivity contribution in [3.8, 4) is 0 Å². The van der Waals surface area contributed by atoms with Crippen molar-refractivity contribution in [2.24, 2.45) is 0 Å². The first kappa shape index (κ1) is 14.9. The maximum atomic E-state index is 11.8. The fourth-order valence-electron chi connectivity index (χ4n) is 2.94. The van der Waals surface area contributed by atoms with E-state index >= 15 is 0 Å². The predicted molar refractivity (Wildman–Crippen MR) is 74.1 cm³/mol. The predicted octanol–water partition coefficient (Wildman–Crippen LogP) is -0.512. The zero-order valence-electron chi connectivity index (χ0n) is 12.0. The molecule has 1 spiro atoms. The molecule has 3 heterocycles. The summed E-state index contributed by atoms with van der Waals surface area (Å²) in [5.41, 5.74) is -0.537. The van der Waals surface area contributed by atoms with Gasteiger partial charge in [-0.3, -0.25) is 4.68 Å². The van der Waals surface area contributed by atoms with Gasteiger partial charge in [0.25, 0.3) is 0 Å². The fraction of sp³-hybridized carbons (Fsp3) is 0.833. The number of rotatable bonds is 3. The molecule has 2 aliphatic rings. The number of sulfonamides is 1. The van der Waals surface area contributed by atoms with Crippen LogP contribution in [-0.2, 0) is 26.0 Å². The first-order valence-corrected chi connectivity index (χ1v) is 8.85. The molecule has 0 N–H and O–H groups in total. The highest BCUT2D eigenvalue weighted by molar-refractivity contribution is 7.88. The van der Waals surface area contributed by atoms with Crippen LogP contribution in [0.25, 0.3) is 0 Å². The molecule has 21 heavy (non-hydrogen) atoms. The smallest absolute Gasteiger partial charge is 0.211 e. The maximum Gasteiger partial charge on any atom is 0.211 e. The van der Waals surface area contributed by atoms with Gasteiger partial charge >= 0.3 is 0 Å². The molecule has 0 aliphatic carbocycles. The quantitative estimate of drug-likeness (QED) is 0.746. The van der Waals surface area contributed by atoms with Crippen LogP contribution in [0, 0.1) is 0 Å². The van der Waals surface area contributed by atoms with Crippen LogP contribution in [0.15, 0.2) is 12.7 Å². The summed E-state index contributed by atoms with van der Waals surface area (Å²) in [6.45, 7) is 2.22. The Kier molecular flexibility index (Phi) is 4.00. The van der Waals surface area contributed by atoms with Gasteiger partial charge in [-0.15, -0.1) is 0 Å². The maximum absolute atomic E-state index is 11.8. The Labute approximate surface area is 124 Å². The summed E-state index contributed by atoms with van der Waals surface area (Å²) in [6, 6.07) is 0. The van der Waals surface area contributed by atoms with Crippen LogP contribution in [0.4, 0.5) is 0 Å². The van der Waals surface area contributed by atoms with Crippen LogP contribution in [0.2, 0.25) is 0 Å². The summed E-state index contributed by atoms with van der Waals surface area (Å²) in [5, 5.41) is 4.07. The molecule has 3 rings (SSSR count). The van der Waals surface area contributed by atoms with Crippen molar-refractivity contribution >= 4 is 10.0 Å². The summed E-state index contributed by atoms with van der Waals surface area (Å²) >= 11 is 0. The van der Waals surface area contributed by atoms with E-state index in [1.807, 2.05) is 0 Å². The lowest BCUT2D eigenvalue weighted by molar-refractivity contribution is -0.0860. The Balaban J connectivity index is 1.69. The van der Waals surface area contributed by atoms with Crippen LogP contribution < -0.4 is 0 Å². The molecule has 2 atom stereocenters. The molecule has 2 aliphatic heterocycles. The molecule has 1 aromatic heterocycles. The second-order valence-corrected chi connectivity index (χ2v) is 7.71. The molecule has 0 aromatic carbocycles. The standard InChI is InChI=1S/C12H20N4O4S/c1-21(17,18)16-4-5-19-8-12(7-16)3-2-11(20-12)6-15-10-13-9-14-15/h9-11H,2-8H2,1H3/t11-,12-/m1/s1. The molecule has 2 saturated heterocycles. The van der Waals surface area contributed by atoms with Crippen molar-refractivity contribution < 1.29 is 17.9 Å². The molecule has 2 fully saturated rings. The molecule has 0 bridgehead atoms. The molecule has 0 saturated carbocycles. The van der Waals surface area contributed by atoms with Gasteiger partial charge < -0.3 is 9.47 Å². The van der Waals surface area contributed by atoms with Gasteiger partial charge in [0.15, 0.2) is 0 Å². The van der Waals surface area contributed by atoms with E-state index in [2.05, 4.69) is 10.1 Å². The second-order valence-electron chi connectivity index (χ2n) is 5.73. The van der Waals surface area contributed by atoms with E-state index in [1.165, 1.54) is 16.9 Å². The lowest BCUT2D eigenvalue weighted by Crippen LogP contribution is -2.46. The Morgan fingerprint density at radius 2 is 2.33 bits per heavy atom. The molecule has 0 unspecified atom stereocenters. The lowest BCUT2D eigenvalue weighted by Gasteiger charge is -2.30. The van der Waals surface area contributed by atoms with Gasteiger partial charge in [-0.25, -0.2) is 13.4 Å². The van der Waals surface area contributed by atoms with E-state index in [-0.39, 0.29) is 6.10 Å². The van der Waals surface area contributed by atoms with Gasteiger partial charge in [0.2, 0.25) is 10.0 Å². The average Bonchev–Trinajstić information content (AvgIpc) is 2.98. The topological polar surface area (TPSA) is 86.6 Å². The number of ether oxygens (including phenoxy) is 2. The highest BCUT2D eigenvalue weighted by Crippen LogP contribution is 2.34. The summed E-state index contributed by atoms with van der Waals surface area (Å²) in [6.07, 6.45) is 6.04. The van der Waals surface area contributed by atoms with E-state index in [0.29, 0.717) is 32.8 Å². The van der Waals surface area contributed by atoms with Gasteiger partial charge in [0.1, 0.15) is 18.3 Å². The van der Waals surface area contributed by atoms with E-state index in [1.54, 1.807) is 11.0 Å². The van der Waals surface area contributed by atoms with Gasteiger partial charge in [-0.05, 0) is 12.8 Å². The summed E-state index contributed by atoms with van der Waals surface area (Å²) < 4.78 is 38.5. The van der Waals surface area contributed by atoms with E-state index in [4.69, 9.17) is 9.47 Å². The van der Waals surface area contributed by atoms with E-state index < -0.39 is 15.6 Å². The van der Waals surface area contributed by atoms with Gasteiger partial charge in [0.05, 0.1) is 32.1 Å². The second kappa shape index (κ2) is 5.64. The zero-order valence-corrected chi connectivity index (χ0v) is 12.8. The minimum absolute atomic E-state index is 0.00908. The van der Waals surface area contributed by atoms with Crippen LogP contribution in [-0.4, -0.2) is 71.8 Å². The van der Waals surface area contributed by atoms with E-state index in [0.717, 1.165) is 12.8 Å². The lowest BCUT2D eigenvalue weighted by atomic mass is 10.0.